The third-order valence-corrected chi connectivity index (χ3v) is 2.91. The van der Waals surface area contributed by atoms with Crippen LogP contribution in [0.2, 0.25) is 0 Å². The molecule has 0 saturated carbocycles. The minimum Gasteiger partial charge on any atom is -0.230 e. The second-order valence-corrected chi connectivity index (χ2v) is 8.65. The molecule has 0 N–H and O–H groups in total. The molecule has 132 valence electrons. The molecule has 0 aromatic heterocycles. The quantitative estimate of drug-likeness (QED) is 0.381. The molecule has 6 nitrogen and oxygen atoms in total. The summed E-state index contributed by atoms with van der Waals surface area (Å²) >= 11 is 0. The molecule has 0 spiro atoms. The molecule has 1 saturated heterocycles. The average Bonchev–Trinajstić information content (AvgIpc) is 3.15. The van der Waals surface area contributed by atoms with Crippen molar-refractivity contribution in [2.24, 2.45) is 0 Å². The maximum absolute atomic E-state index is 5.61. The third kappa shape index (κ3) is 7.85. The van der Waals surface area contributed by atoms with E-state index < -0.39 is 23.1 Å². The maximum atomic E-state index is 5.61. The molecular weight excluding hydrogens is 288 g/mol. The van der Waals surface area contributed by atoms with E-state index in [1.807, 2.05) is 62.3 Å². The van der Waals surface area contributed by atoms with Crippen molar-refractivity contribution < 1.29 is 29.3 Å². The fraction of sp³-hybridized carbons (Fsp3) is 1.00. The van der Waals surface area contributed by atoms with Gasteiger partial charge in [-0.3, -0.25) is 0 Å². The van der Waals surface area contributed by atoms with Gasteiger partial charge in [0, 0.05) is 0 Å². The molecule has 1 aliphatic rings. The van der Waals surface area contributed by atoms with Crippen molar-refractivity contribution in [1.29, 1.82) is 0 Å². The summed E-state index contributed by atoms with van der Waals surface area (Å²) in [6.07, 6.45) is 0.902. The van der Waals surface area contributed by atoms with Crippen LogP contribution in [0.3, 0.4) is 0 Å². The Hall–Kier alpha value is -0.240. The van der Waals surface area contributed by atoms with Crippen molar-refractivity contribution in [3.63, 3.8) is 0 Å². The Morgan fingerprint density at radius 2 is 1.09 bits per heavy atom. The molecule has 0 aliphatic carbocycles. The van der Waals surface area contributed by atoms with Gasteiger partial charge in [0.05, 0.1) is 16.8 Å². The highest BCUT2D eigenvalue weighted by molar-refractivity contribution is 4.84. The molecule has 1 rings (SSSR count). The maximum Gasteiger partial charge on any atom is 0.256 e. The molecule has 0 bridgehead atoms. The van der Waals surface area contributed by atoms with E-state index in [0.29, 0.717) is 12.8 Å². The van der Waals surface area contributed by atoms with Crippen LogP contribution in [0.5, 0.6) is 0 Å². The molecule has 1 aliphatic heterocycles. The van der Waals surface area contributed by atoms with Gasteiger partial charge >= 0.3 is 0 Å². The van der Waals surface area contributed by atoms with Crippen LogP contribution in [0.25, 0.3) is 0 Å². The highest BCUT2D eigenvalue weighted by Crippen LogP contribution is 2.37. The van der Waals surface area contributed by atoms with Gasteiger partial charge < -0.3 is 0 Å². The molecule has 0 aromatic carbocycles. The highest BCUT2D eigenvalue weighted by Gasteiger charge is 2.50. The standard InChI is InChI=1S/C16H32O6/c1-13(2,3)19-21-15(7,8)10-11-16(9,12-17-18-12)22-20-14(4,5)6/h12H,10-11H2,1-9H3. The monoisotopic (exact) mass is 320 g/mol. The zero-order chi connectivity index (χ0) is 17.2. The summed E-state index contributed by atoms with van der Waals surface area (Å²) in [7, 11) is 0. The molecule has 1 heterocycles. The fourth-order valence-electron chi connectivity index (χ4n) is 1.48. The Morgan fingerprint density at radius 3 is 1.50 bits per heavy atom. The van der Waals surface area contributed by atoms with Crippen molar-refractivity contribution in [1.82, 2.24) is 0 Å². The van der Waals surface area contributed by atoms with Crippen LogP contribution in [-0.2, 0) is 29.3 Å². The minimum atomic E-state index is -0.699. The number of hydrogen-bond acceptors (Lipinski definition) is 6. The summed E-state index contributed by atoms with van der Waals surface area (Å²) in [6.45, 7) is 17.4. The summed E-state index contributed by atoms with van der Waals surface area (Å²) in [4.78, 5) is 31.9. The van der Waals surface area contributed by atoms with E-state index in [-0.39, 0.29) is 5.60 Å². The Kier molecular flexibility index (Phi) is 6.04. The first kappa shape index (κ1) is 19.8. The molecule has 22 heavy (non-hydrogen) atoms. The Morgan fingerprint density at radius 1 is 0.636 bits per heavy atom. The summed E-state index contributed by atoms with van der Waals surface area (Å²) in [5.41, 5.74) is -1.92. The van der Waals surface area contributed by atoms with Crippen LogP contribution in [0.15, 0.2) is 0 Å². The van der Waals surface area contributed by atoms with Crippen molar-refractivity contribution in [2.75, 3.05) is 0 Å². The predicted octanol–water partition coefficient (Wildman–Crippen LogP) is 4.09. The minimum absolute atomic E-state index is 0.352. The fourth-order valence-corrected chi connectivity index (χ4v) is 1.48. The summed E-state index contributed by atoms with van der Waals surface area (Å²) in [5.74, 6) is 0. The molecule has 1 atom stereocenters. The molecule has 0 aromatic rings. The molecule has 1 fully saturated rings. The lowest BCUT2D eigenvalue weighted by atomic mass is 9.92. The zero-order valence-corrected chi connectivity index (χ0v) is 15.4. The molecular formula is C16H32O6. The largest absolute Gasteiger partial charge is 0.256 e. The smallest absolute Gasteiger partial charge is 0.230 e. The van der Waals surface area contributed by atoms with Crippen LogP contribution >= 0.6 is 0 Å². The Labute approximate surface area is 134 Å². The first-order valence-electron chi connectivity index (χ1n) is 7.78. The third-order valence-electron chi connectivity index (χ3n) is 2.91. The number of rotatable bonds is 8. The van der Waals surface area contributed by atoms with E-state index in [0.717, 1.165) is 0 Å². The van der Waals surface area contributed by atoms with Gasteiger partial charge in [-0.15, -0.1) is 0 Å². The summed E-state index contributed by atoms with van der Waals surface area (Å²) < 4.78 is 0. The van der Waals surface area contributed by atoms with E-state index in [1.54, 1.807) is 0 Å². The van der Waals surface area contributed by atoms with E-state index in [9.17, 15) is 0 Å². The van der Waals surface area contributed by atoms with Gasteiger partial charge in [-0.25, -0.2) is 19.6 Å². The van der Waals surface area contributed by atoms with Gasteiger partial charge in [-0.05, 0) is 75.2 Å². The first-order chi connectivity index (χ1) is 9.73. The van der Waals surface area contributed by atoms with Crippen LogP contribution in [0, 0.1) is 0 Å². The highest BCUT2D eigenvalue weighted by atomic mass is 17.4. The van der Waals surface area contributed by atoms with E-state index in [4.69, 9.17) is 29.3 Å². The van der Waals surface area contributed by atoms with Crippen LogP contribution < -0.4 is 0 Å². The van der Waals surface area contributed by atoms with Crippen LogP contribution in [-0.4, -0.2) is 28.7 Å². The summed E-state index contributed by atoms with van der Waals surface area (Å²) in [5, 5.41) is 0. The van der Waals surface area contributed by atoms with Crippen molar-refractivity contribution in [2.45, 2.75) is 104 Å². The lowest BCUT2D eigenvalue weighted by molar-refractivity contribution is -0.415. The number of hydrogen-bond donors (Lipinski definition) is 0. The second kappa shape index (κ2) is 6.71. The SMILES string of the molecule is CC(C)(C)OOC(C)(C)CCC(C)(OOC(C)(C)C)C1OO1. The van der Waals surface area contributed by atoms with Crippen LogP contribution in [0.1, 0.15) is 75.2 Å². The van der Waals surface area contributed by atoms with Gasteiger partial charge in [0.25, 0.3) is 6.29 Å². The van der Waals surface area contributed by atoms with Crippen molar-refractivity contribution in [3.8, 4) is 0 Å². The van der Waals surface area contributed by atoms with Gasteiger partial charge in [0.1, 0.15) is 0 Å². The second-order valence-electron chi connectivity index (χ2n) is 8.65. The van der Waals surface area contributed by atoms with Gasteiger partial charge in [-0.2, -0.15) is 9.78 Å². The predicted molar refractivity (Wildman–Crippen MR) is 81.5 cm³/mol. The van der Waals surface area contributed by atoms with E-state index >= 15 is 0 Å². The molecule has 1 unspecified atom stereocenters. The molecule has 0 amide bonds. The topological polar surface area (TPSA) is 62.0 Å². The zero-order valence-electron chi connectivity index (χ0n) is 15.4. The average molecular weight is 320 g/mol. The first-order valence-corrected chi connectivity index (χ1v) is 7.78. The van der Waals surface area contributed by atoms with Crippen molar-refractivity contribution >= 4 is 0 Å². The van der Waals surface area contributed by atoms with Gasteiger partial charge in [-0.1, -0.05) is 0 Å². The van der Waals surface area contributed by atoms with Gasteiger partial charge in [0.15, 0.2) is 5.60 Å². The Balaban J connectivity index is 2.53. The van der Waals surface area contributed by atoms with Crippen molar-refractivity contribution in [3.05, 3.63) is 0 Å². The van der Waals surface area contributed by atoms with E-state index in [1.165, 1.54) is 0 Å². The molecule has 0 radical (unpaired) electrons. The lowest BCUT2D eigenvalue weighted by Gasteiger charge is -2.33. The normalized spacial score (nSPS) is 20.0. The lowest BCUT2D eigenvalue weighted by Crippen LogP contribution is -2.41. The van der Waals surface area contributed by atoms with Gasteiger partial charge in [0.2, 0.25) is 0 Å². The molecule has 6 heteroatoms. The Bertz CT molecular complexity index is 351. The summed E-state index contributed by atoms with van der Waals surface area (Å²) in [6, 6.07) is 0. The van der Waals surface area contributed by atoms with E-state index in [2.05, 4.69) is 0 Å². The van der Waals surface area contributed by atoms with Crippen LogP contribution in [0.4, 0.5) is 0 Å².